The summed E-state index contributed by atoms with van der Waals surface area (Å²) in [6.07, 6.45) is 3.00. The van der Waals surface area contributed by atoms with Crippen LogP contribution in [0.5, 0.6) is 0 Å². The van der Waals surface area contributed by atoms with Gasteiger partial charge in [0.15, 0.2) is 11.6 Å². The molecular formula is C30H27F3. The van der Waals surface area contributed by atoms with E-state index in [1.165, 1.54) is 11.6 Å². The van der Waals surface area contributed by atoms with Crippen LogP contribution in [-0.4, -0.2) is 0 Å². The summed E-state index contributed by atoms with van der Waals surface area (Å²) in [6.45, 7) is 3.85. The van der Waals surface area contributed by atoms with Crippen molar-refractivity contribution in [1.29, 1.82) is 0 Å². The number of hydrogen-bond donors (Lipinski definition) is 0. The maximum atomic E-state index is 14.8. The van der Waals surface area contributed by atoms with Gasteiger partial charge in [-0.3, -0.25) is 0 Å². The van der Waals surface area contributed by atoms with Crippen LogP contribution >= 0.6 is 0 Å². The van der Waals surface area contributed by atoms with Crippen LogP contribution in [0.3, 0.4) is 0 Å². The average molecular weight is 445 g/mol. The highest BCUT2D eigenvalue weighted by Gasteiger charge is 2.15. The van der Waals surface area contributed by atoms with E-state index < -0.39 is 11.6 Å². The Morgan fingerprint density at radius 2 is 1.18 bits per heavy atom. The number of hydrogen-bond acceptors (Lipinski definition) is 0. The van der Waals surface area contributed by atoms with Crippen LogP contribution < -0.4 is 0 Å². The van der Waals surface area contributed by atoms with Gasteiger partial charge in [0, 0.05) is 5.56 Å². The van der Waals surface area contributed by atoms with E-state index in [4.69, 9.17) is 0 Å². The van der Waals surface area contributed by atoms with Crippen molar-refractivity contribution in [2.75, 3.05) is 0 Å². The first-order valence-electron chi connectivity index (χ1n) is 11.4. The standard InChI is InChI=1S/C30H27F3/c1-3-4-21-8-14-24(15-9-21)27-18-17-25(29(32)30(27)33)16-10-22-6-12-23(13-7-22)26-11-5-20(2)28(31)19-26/h5-9,11-15,17-19H,3-4,10,16H2,1-2H3. The van der Waals surface area contributed by atoms with E-state index in [0.717, 1.165) is 29.5 Å². The van der Waals surface area contributed by atoms with Crippen LogP contribution in [0.2, 0.25) is 0 Å². The minimum absolute atomic E-state index is 0.227. The molecule has 0 aliphatic carbocycles. The predicted molar refractivity (Wildman–Crippen MR) is 130 cm³/mol. The number of benzene rings is 4. The highest BCUT2D eigenvalue weighted by Crippen LogP contribution is 2.28. The molecule has 0 saturated carbocycles. The lowest BCUT2D eigenvalue weighted by molar-refractivity contribution is 0.501. The summed E-state index contributed by atoms with van der Waals surface area (Å²) in [5, 5.41) is 0. The molecule has 0 spiro atoms. The van der Waals surface area contributed by atoms with E-state index in [0.29, 0.717) is 29.5 Å². The van der Waals surface area contributed by atoms with Gasteiger partial charge in [-0.25, -0.2) is 13.2 Å². The molecule has 168 valence electrons. The van der Waals surface area contributed by atoms with Crippen molar-refractivity contribution in [3.8, 4) is 22.3 Å². The lowest BCUT2D eigenvalue weighted by Gasteiger charge is -2.10. The second kappa shape index (κ2) is 10.1. The second-order valence-corrected chi connectivity index (χ2v) is 8.51. The van der Waals surface area contributed by atoms with Gasteiger partial charge in [-0.2, -0.15) is 0 Å². The van der Waals surface area contributed by atoms with Gasteiger partial charge < -0.3 is 0 Å². The van der Waals surface area contributed by atoms with E-state index in [9.17, 15) is 13.2 Å². The molecule has 0 fully saturated rings. The average Bonchev–Trinajstić information content (AvgIpc) is 2.83. The SMILES string of the molecule is CCCc1ccc(-c2ccc(CCc3ccc(-c4ccc(C)c(F)c4)cc3)c(F)c2F)cc1. The Balaban J connectivity index is 1.46. The fraction of sp³-hybridized carbons (Fsp3) is 0.200. The Hall–Kier alpha value is -3.33. The van der Waals surface area contributed by atoms with E-state index in [1.807, 2.05) is 54.6 Å². The van der Waals surface area contributed by atoms with Crippen molar-refractivity contribution in [2.24, 2.45) is 0 Å². The minimum atomic E-state index is -0.799. The van der Waals surface area contributed by atoms with Crippen LogP contribution in [0.1, 0.15) is 35.6 Å². The third-order valence-corrected chi connectivity index (χ3v) is 6.11. The molecule has 4 rings (SSSR count). The first-order chi connectivity index (χ1) is 16.0. The molecule has 4 aromatic rings. The molecule has 0 saturated heterocycles. The topological polar surface area (TPSA) is 0 Å². The molecule has 0 radical (unpaired) electrons. The van der Waals surface area contributed by atoms with E-state index in [1.54, 1.807) is 25.1 Å². The normalized spacial score (nSPS) is 11.1. The molecule has 0 bridgehead atoms. The summed E-state index contributed by atoms with van der Waals surface area (Å²) < 4.78 is 43.5. The molecule has 33 heavy (non-hydrogen) atoms. The zero-order valence-corrected chi connectivity index (χ0v) is 19.0. The molecule has 0 N–H and O–H groups in total. The molecule has 0 amide bonds. The van der Waals surface area contributed by atoms with Crippen molar-refractivity contribution in [3.63, 3.8) is 0 Å². The van der Waals surface area contributed by atoms with E-state index in [2.05, 4.69) is 6.92 Å². The maximum absolute atomic E-state index is 14.8. The van der Waals surface area contributed by atoms with Gasteiger partial charge in [-0.05, 0) is 71.2 Å². The third-order valence-electron chi connectivity index (χ3n) is 6.11. The van der Waals surface area contributed by atoms with Gasteiger partial charge >= 0.3 is 0 Å². The van der Waals surface area contributed by atoms with Crippen molar-refractivity contribution in [3.05, 3.63) is 119 Å². The first kappa shape index (κ1) is 22.8. The number of halogens is 3. The molecule has 0 atom stereocenters. The fourth-order valence-electron chi connectivity index (χ4n) is 4.06. The van der Waals surface area contributed by atoms with E-state index >= 15 is 0 Å². The molecule has 0 heterocycles. The van der Waals surface area contributed by atoms with Gasteiger partial charge in [0.1, 0.15) is 5.82 Å². The predicted octanol–water partition coefficient (Wildman–Crippen LogP) is 8.48. The highest BCUT2D eigenvalue weighted by atomic mass is 19.2. The number of rotatable bonds is 7. The summed E-state index contributed by atoms with van der Waals surface area (Å²) in [5.41, 5.74) is 5.89. The zero-order chi connectivity index (χ0) is 23.4. The van der Waals surface area contributed by atoms with Crippen molar-refractivity contribution in [2.45, 2.75) is 39.5 Å². The highest BCUT2D eigenvalue weighted by molar-refractivity contribution is 5.65. The molecule has 0 nitrogen and oxygen atoms in total. The van der Waals surface area contributed by atoms with Crippen molar-refractivity contribution < 1.29 is 13.2 Å². The first-order valence-corrected chi connectivity index (χ1v) is 11.4. The van der Waals surface area contributed by atoms with Gasteiger partial charge in [0.25, 0.3) is 0 Å². The van der Waals surface area contributed by atoms with Crippen LogP contribution in [0.15, 0.2) is 78.9 Å². The van der Waals surface area contributed by atoms with Crippen molar-refractivity contribution >= 4 is 0 Å². The lowest BCUT2D eigenvalue weighted by atomic mass is 9.97. The summed E-state index contributed by atoms with van der Waals surface area (Å²) in [7, 11) is 0. The molecule has 0 aromatic heterocycles. The van der Waals surface area contributed by atoms with Gasteiger partial charge in [0.2, 0.25) is 0 Å². The van der Waals surface area contributed by atoms with Gasteiger partial charge in [0.05, 0.1) is 0 Å². The lowest BCUT2D eigenvalue weighted by Crippen LogP contribution is -2.00. The molecule has 0 aliphatic rings. The van der Waals surface area contributed by atoms with E-state index in [-0.39, 0.29) is 11.4 Å². The smallest absolute Gasteiger partial charge is 0.166 e. The Kier molecular flexibility index (Phi) is 6.98. The molecule has 0 unspecified atom stereocenters. The van der Waals surface area contributed by atoms with Gasteiger partial charge in [-0.1, -0.05) is 86.1 Å². The quantitative estimate of drug-likeness (QED) is 0.268. The van der Waals surface area contributed by atoms with Crippen LogP contribution in [0, 0.1) is 24.4 Å². The molecule has 3 heteroatoms. The Bertz CT molecular complexity index is 1240. The third kappa shape index (κ3) is 5.19. The Morgan fingerprint density at radius 1 is 0.576 bits per heavy atom. The number of aryl methyl sites for hydroxylation is 4. The van der Waals surface area contributed by atoms with Crippen LogP contribution in [0.4, 0.5) is 13.2 Å². The minimum Gasteiger partial charge on any atom is -0.207 e. The molecular weight excluding hydrogens is 417 g/mol. The second-order valence-electron chi connectivity index (χ2n) is 8.51. The Morgan fingerprint density at radius 3 is 1.82 bits per heavy atom. The van der Waals surface area contributed by atoms with Crippen molar-refractivity contribution in [1.82, 2.24) is 0 Å². The summed E-state index contributed by atoms with van der Waals surface area (Å²) >= 11 is 0. The largest absolute Gasteiger partial charge is 0.207 e. The summed E-state index contributed by atoms with van der Waals surface area (Å²) in [5.74, 6) is -1.81. The van der Waals surface area contributed by atoms with Crippen LogP contribution in [0.25, 0.3) is 22.3 Å². The zero-order valence-electron chi connectivity index (χ0n) is 19.0. The fourth-order valence-corrected chi connectivity index (χ4v) is 4.06. The summed E-state index contributed by atoms with van der Waals surface area (Å²) in [4.78, 5) is 0. The molecule has 4 aromatic carbocycles. The monoisotopic (exact) mass is 444 g/mol. The molecule has 0 aliphatic heterocycles. The van der Waals surface area contributed by atoms with Gasteiger partial charge in [-0.15, -0.1) is 0 Å². The Labute approximate surface area is 193 Å². The maximum Gasteiger partial charge on any atom is 0.166 e. The van der Waals surface area contributed by atoms with Crippen LogP contribution in [-0.2, 0) is 19.3 Å². The summed E-state index contributed by atoms with van der Waals surface area (Å²) in [6, 6.07) is 23.9.